The standard InChI is InChI=1S/C17H16N2O2/c1-2-21-19(15-11-7-4-8-12-15)17(20)16(13-18)14-9-5-3-6-10-14/h3-12,16H,2H2,1H3. The summed E-state index contributed by atoms with van der Waals surface area (Å²) in [5, 5.41) is 10.6. The first-order valence-corrected chi connectivity index (χ1v) is 6.74. The molecule has 0 fully saturated rings. The molecule has 0 radical (unpaired) electrons. The van der Waals surface area contributed by atoms with Crippen molar-refractivity contribution in [3.8, 4) is 6.07 Å². The van der Waals surface area contributed by atoms with Gasteiger partial charge >= 0.3 is 0 Å². The van der Waals surface area contributed by atoms with Gasteiger partial charge < -0.3 is 0 Å². The lowest BCUT2D eigenvalue weighted by atomic mass is 9.99. The van der Waals surface area contributed by atoms with Crippen LogP contribution in [0.3, 0.4) is 0 Å². The molecule has 106 valence electrons. The van der Waals surface area contributed by atoms with Gasteiger partial charge in [0.2, 0.25) is 0 Å². The molecule has 0 N–H and O–H groups in total. The van der Waals surface area contributed by atoms with Crippen LogP contribution in [-0.2, 0) is 9.63 Å². The van der Waals surface area contributed by atoms with Crippen LogP contribution in [-0.4, -0.2) is 12.5 Å². The van der Waals surface area contributed by atoms with Crippen LogP contribution in [0.1, 0.15) is 18.4 Å². The first-order valence-electron chi connectivity index (χ1n) is 6.74. The zero-order valence-corrected chi connectivity index (χ0v) is 11.8. The number of benzene rings is 2. The number of rotatable bonds is 5. The molecule has 2 rings (SSSR count). The lowest BCUT2D eigenvalue weighted by Gasteiger charge is -2.23. The third-order valence-electron chi connectivity index (χ3n) is 2.96. The zero-order chi connectivity index (χ0) is 15.1. The van der Waals surface area contributed by atoms with Gasteiger partial charge in [0.05, 0.1) is 18.4 Å². The predicted molar refractivity (Wildman–Crippen MR) is 80.4 cm³/mol. The first kappa shape index (κ1) is 14.8. The molecule has 0 aliphatic rings. The van der Waals surface area contributed by atoms with Gasteiger partial charge in [-0.25, -0.2) is 0 Å². The maximum Gasteiger partial charge on any atom is 0.272 e. The van der Waals surface area contributed by atoms with E-state index < -0.39 is 11.8 Å². The Kier molecular flexibility index (Phi) is 5.08. The summed E-state index contributed by atoms with van der Waals surface area (Å²) in [6.45, 7) is 2.14. The molecule has 4 nitrogen and oxygen atoms in total. The summed E-state index contributed by atoms with van der Waals surface area (Å²) in [6.07, 6.45) is 0. The van der Waals surface area contributed by atoms with Gasteiger partial charge in [0.15, 0.2) is 5.92 Å². The van der Waals surface area contributed by atoms with Gasteiger partial charge in [-0.05, 0) is 24.6 Å². The molecule has 0 bridgehead atoms. The first-order chi connectivity index (χ1) is 10.3. The van der Waals surface area contributed by atoms with E-state index in [9.17, 15) is 10.1 Å². The Balaban J connectivity index is 2.32. The van der Waals surface area contributed by atoms with Gasteiger partial charge in [-0.2, -0.15) is 10.3 Å². The average molecular weight is 280 g/mol. The summed E-state index contributed by atoms with van der Waals surface area (Å²) < 4.78 is 0. The summed E-state index contributed by atoms with van der Waals surface area (Å²) in [6, 6.07) is 20.1. The SMILES string of the molecule is CCON(C(=O)C(C#N)c1ccccc1)c1ccccc1. The van der Waals surface area contributed by atoms with Crippen molar-refractivity contribution in [3.63, 3.8) is 0 Å². The fourth-order valence-corrected chi connectivity index (χ4v) is 1.99. The molecule has 1 unspecified atom stereocenters. The second-order valence-electron chi connectivity index (χ2n) is 4.36. The van der Waals surface area contributed by atoms with E-state index in [1.807, 2.05) is 24.3 Å². The summed E-state index contributed by atoms with van der Waals surface area (Å²) in [5.74, 6) is -1.28. The minimum absolute atomic E-state index is 0.341. The second kappa shape index (κ2) is 7.22. The Bertz CT molecular complexity index is 620. The molecular weight excluding hydrogens is 264 g/mol. The highest BCUT2D eigenvalue weighted by atomic mass is 16.7. The monoisotopic (exact) mass is 280 g/mol. The zero-order valence-electron chi connectivity index (χ0n) is 11.8. The van der Waals surface area contributed by atoms with Crippen LogP contribution in [0, 0.1) is 11.3 Å². The van der Waals surface area contributed by atoms with E-state index in [-0.39, 0.29) is 0 Å². The Hall–Kier alpha value is -2.64. The molecule has 0 aliphatic carbocycles. The van der Waals surface area contributed by atoms with Gasteiger partial charge in [0.25, 0.3) is 5.91 Å². The summed E-state index contributed by atoms with van der Waals surface area (Å²) >= 11 is 0. The number of hydrogen-bond donors (Lipinski definition) is 0. The van der Waals surface area contributed by atoms with Crippen LogP contribution in [0.15, 0.2) is 60.7 Å². The van der Waals surface area contributed by atoms with E-state index in [2.05, 4.69) is 6.07 Å². The number of hydroxylamine groups is 1. The molecule has 1 amide bonds. The van der Waals surface area contributed by atoms with E-state index >= 15 is 0 Å². The number of amides is 1. The molecule has 0 aliphatic heterocycles. The number of nitrogens with zero attached hydrogens (tertiary/aromatic N) is 2. The maximum absolute atomic E-state index is 12.6. The molecule has 0 aromatic heterocycles. The Morgan fingerprint density at radius 3 is 2.24 bits per heavy atom. The van der Waals surface area contributed by atoms with Crippen molar-refractivity contribution in [2.45, 2.75) is 12.8 Å². The van der Waals surface area contributed by atoms with Gasteiger partial charge in [0, 0.05) is 0 Å². The van der Waals surface area contributed by atoms with E-state index in [0.717, 1.165) is 0 Å². The van der Waals surface area contributed by atoms with Gasteiger partial charge in [-0.3, -0.25) is 9.63 Å². The molecule has 2 aromatic carbocycles. The minimum atomic E-state index is -0.891. The highest BCUT2D eigenvalue weighted by Gasteiger charge is 2.27. The number of carbonyl (C=O) groups is 1. The lowest BCUT2D eigenvalue weighted by Crippen LogP contribution is -2.35. The third kappa shape index (κ3) is 3.47. The van der Waals surface area contributed by atoms with Crippen LogP contribution in [0.4, 0.5) is 5.69 Å². The number of carbonyl (C=O) groups excluding carboxylic acids is 1. The van der Waals surface area contributed by atoms with Crippen molar-refractivity contribution in [3.05, 3.63) is 66.2 Å². The van der Waals surface area contributed by atoms with Crippen LogP contribution in [0.25, 0.3) is 0 Å². The van der Waals surface area contributed by atoms with Crippen LogP contribution >= 0.6 is 0 Å². The summed E-state index contributed by atoms with van der Waals surface area (Å²) in [4.78, 5) is 18.1. The number of anilines is 1. The van der Waals surface area contributed by atoms with Gasteiger partial charge in [-0.1, -0.05) is 48.5 Å². The summed E-state index contributed by atoms with van der Waals surface area (Å²) in [7, 11) is 0. The lowest BCUT2D eigenvalue weighted by molar-refractivity contribution is -0.126. The Morgan fingerprint density at radius 1 is 1.14 bits per heavy atom. The predicted octanol–water partition coefficient (Wildman–Crippen LogP) is 3.28. The number of para-hydroxylation sites is 1. The Morgan fingerprint density at radius 2 is 1.71 bits per heavy atom. The van der Waals surface area contributed by atoms with Crippen molar-refractivity contribution < 1.29 is 9.63 Å². The Labute approximate surface area is 124 Å². The number of nitriles is 1. The third-order valence-corrected chi connectivity index (χ3v) is 2.96. The molecule has 0 saturated carbocycles. The minimum Gasteiger partial charge on any atom is -0.270 e. The van der Waals surface area contributed by atoms with Crippen molar-refractivity contribution in [2.24, 2.45) is 0 Å². The smallest absolute Gasteiger partial charge is 0.270 e. The molecular formula is C17H16N2O2. The van der Waals surface area contributed by atoms with E-state index in [1.165, 1.54) is 5.06 Å². The van der Waals surface area contributed by atoms with E-state index in [0.29, 0.717) is 17.9 Å². The molecule has 21 heavy (non-hydrogen) atoms. The van der Waals surface area contributed by atoms with E-state index in [4.69, 9.17) is 4.84 Å². The van der Waals surface area contributed by atoms with Crippen molar-refractivity contribution >= 4 is 11.6 Å². The molecule has 4 heteroatoms. The maximum atomic E-state index is 12.6. The fraction of sp³-hybridized carbons (Fsp3) is 0.176. The van der Waals surface area contributed by atoms with Crippen LogP contribution in [0.2, 0.25) is 0 Å². The normalized spacial score (nSPS) is 11.4. The topological polar surface area (TPSA) is 53.3 Å². The van der Waals surface area contributed by atoms with Crippen LogP contribution < -0.4 is 5.06 Å². The quantitative estimate of drug-likeness (QED) is 0.790. The van der Waals surface area contributed by atoms with Crippen molar-refractivity contribution in [1.29, 1.82) is 5.26 Å². The molecule has 1 atom stereocenters. The highest BCUT2D eigenvalue weighted by Crippen LogP contribution is 2.22. The highest BCUT2D eigenvalue weighted by molar-refractivity contribution is 5.98. The molecule has 0 spiro atoms. The van der Waals surface area contributed by atoms with Gasteiger partial charge in [-0.15, -0.1) is 0 Å². The fourth-order valence-electron chi connectivity index (χ4n) is 1.99. The van der Waals surface area contributed by atoms with Gasteiger partial charge in [0.1, 0.15) is 0 Å². The van der Waals surface area contributed by atoms with Crippen LogP contribution in [0.5, 0.6) is 0 Å². The molecule has 0 saturated heterocycles. The average Bonchev–Trinajstić information content (AvgIpc) is 2.55. The van der Waals surface area contributed by atoms with Crippen molar-refractivity contribution in [1.82, 2.24) is 0 Å². The largest absolute Gasteiger partial charge is 0.272 e. The summed E-state index contributed by atoms with van der Waals surface area (Å²) in [5.41, 5.74) is 1.27. The molecule has 2 aromatic rings. The second-order valence-corrected chi connectivity index (χ2v) is 4.36. The number of hydrogen-bond acceptors (Lipinski definition) is 3. The van der Waals surface area contributed by atoms with E-state index in [1.54, 1.807) is 43.3 Å². The van der Waals surface area contributed by atoms with Crippen molar-refractivity contribution in [2.75, 3.05) is 11.7 Å². The molecule has 0 heterocycles.